The average Bonchev–Trinajstić information content (AvgIpc) is 2.60. The second-order valence-corrected chi connectivity index (χ2v) is 6.37. The highest BCUT2D eigenvalue weighted by Crippen LogP contribution is 2.54. The lowest BCUT2D eigenvalue weighted by atomic mass is 9.59. The van der Waals surface area contributed by atoms with Crippen molar-refractivity contribution in [2.45, 2.75) is 52.6 Å². The molecule has 1 saturated heterocycles. The highest BCUT2D eigenvalue weighted by atomic mass is 16.6. The Morgan fingerprint density at radius 2 is 2.00 bits per heavy atom. The number of carbonyl (C=O) groups is 2. The molecule has 0 aromatic heterocycles. The molecule has 0 radical (unpaired) electrons. The van der Waals surface area contributed by atoms with Gasteiger partial charge in [-0.15, -0.1) is 0 Å². The monoisotopic (exact) mass is 248 g/mol. The second kappa shape index (κ2) is 3.69. The summed E-state index contributed by atoms with van der Waals surface area (Å²) in [6.45, 7) is 6.09. The molecule has 4 atom stereocenters. The summed E-state index contributed by atoms with van der Waals surface area (Å²) in [6, 6.07) is 0. The average molecular weight is 248 g/mol. The van der Waals surface area contributed by atoms with Gasteiger partial charge in [-0.2, -0.15) is 0 Å². The van der Waals surface area contributed by atoms with Gasteiger partial charge in [0.05, 0.1) is 5.92 Å². The van der Waals surface area contributed by atoms with Gasteiger partial charge in [0.15, 0.2) is 5.78 Å². The van der Waals surface area contributed by atoms with E-state index in [-0.39, 0.29) is 35.1 Å². The van der Waals surface area contributed by atoms with Gasteiger partial charge in [0.2, 0.25) is 0 Å². The summed E-state index contributed by atoms with van der Waals surface area (Å²) in [7, 11) is 0. The fraction of sp³-hybridized carbons (Fsp3) is 0.733. The first kappa shape index (κ1) is 11.9. The molecule has 1 heterocycles. The van der Waals surface area contributed by atoms with Crippen LogP contribution < -0.4 is 0 Å². The molecule has 18 heavy (non-hydrogen) atoms. The third kappa shape index (κ3) is 1.42. The molecule has 0 aromatic rings. The van der Waals surface area contributed by atoms with Gasteiger partial charge in [0.25, 0.3) is 0 Å². The van der Waals surface area contributed by atoms with Crippen LogP contribution in [-0.2, 0) is 14.3 Å². The van der Waals surface area contributed by atoms with E-state index < -0.39 is 0 Å². The number of fused-ring (bicyclic) bond motifs is 3. The topological polar surface area (TPSA) is 43.4 Å². The van der Waals surface area contributed by atoms with Crippen molar-refractivity contribution in [3.05, 3.63) is 11.1 Å². The number of carbonyl (C=O) groups excluding carboxylic acids is 2. The number of ether oxygens (including phenoxy) is 1. The number of allylic oxidation sites excluding steroid dienone is 1. The number of ketones is 1. The minimum absolute atomic E-state index is 0.0168. The molecule has 3 aliphatic rings. The highest BCUT2D eigenvalue weighted by Gasteiger charge is 2.53. The largest absolute Gasteiger partial charge is 0.457 e. The maximum Gasteiger partial charge on any atom is 0.309 e. The van der Waals surface area contributed by atoms with Gasteiger partial charge in [0.1, 0.15) is 6.10 Å². The molecule has 0 spiro atoms. The smallest absolute Gasteiger partial charge is 0.309 e. The molecule has 0 N–H and O–H groups in total. The Kier molecular flexibility index (Phi) is 2.45. The zero-order valence-corrected chi connectivity index (χ0v) is 11.3. The molecule has 0 amide bonds. The summed E-state index contributed by atoms with van der Waals surface area (Å²) in [5.41, 5.74) is 2.07. The first-order valence-electron chi connectivity index (χ1n) is 6.89. The third-order valence-corrected chi connectivity index (χ3v) is 5.34. The molecule has 1 aliphatic heterocycles. The molecule has 3 heteroatoms. The Bertz CT molecular complexity index is 462. The normalized spacial score (nSPS) is 43.6. The van der Waals surface area contributed by atoms with E-state index in [1.165, 1.54) is 0 Å². The van der Waals surface area contributed by atoms with Crippen molar-refractivity contribution in [2.24, 2.45) is 17.3 Å². The predicted octanol–water partition coefficient (Wildman–Crippen LogP) is 2.64. The van der Waals surface area contributed by atoms with Crippen LogP contribution in [0.3, 0.4) is 0 Å². The molecule has 0 aromatic carbocycles. The minimum atomic E-state index is -0.129. The molecular weight excluding hydrogens is 228 g/mol. The lowest BCUT2D eigenvalue weighted by Crippen LogP contribution is -2.41. The van der Waals surface area contributed by atoms with Crippen LogP contribution in [-0.4, -0.2) is 17.9 Å². The van der Waals surface area contributed by atoms with Crippen LogP contribution in [0.1, 0.15) is 46.5 Å². The van der Waals surface area contributed by atoms with Crippen LogP contribution in [0.5, 0.6) is 0 Å². The molecule has 1 saturated carbocycles. The fourth-order valence-electron chi connectivity index (χ4n) is 4.05. The Morgan fingerprint density at radius 1 is 1.28 bits per heavy atom. The van der Waals surface area contributed by atoms with Crippen molar-refractivity contribution in [1.29, 1.82) is 0 Å². The van der Waals surface area contributed by atoms with Gasteiger partial charge in [0, 0.05) is 12.3 Å². The summed E-state index contributed by atoms with van der Waals surface area (Å²) < 4.78 is 5.58. The van der Waals surface area contributed by atoms with Crippen LogP contribution in [0.4, 0.5) is 0 Å². The van der Waals surface area contributed by atoms with E-state index in [0.29, 0.717) is 6.42 Å². The predicted molar refractivity (Wildman–Crippen MR) is 66.8 cm³/mol. The summed E-state index contributed by atoms with van der Waals surface area (Å²) in [5, 5.41) is 0. The molecule has 98 valence electrons. The van der Waals surface area contributed by atoms with Crippen molar-refractivity contribution < 1.29 is 14.3 Å². The molecule has 2 aliphatic carbocycles. The van der Waals surface area contributed by atoms with Gasteiger partial charge in [-0.3, -0.25) is 9.59 Å². The lowest BCUT2D eigenvalue weighted by molar-refractivity contribution is -0.143. The van der Waals surface area contributed by atoms with E-state index in [2.05, 4.69) is 6.92 Å². The van der Waals surface area contributed by atoms with Gasteiger partial charge in [-0.05, 0) is 42.7 Å². The van der Waals surface area contributed by atoms with Crippen LogP contribution in [0.2, 0.25) is 0 Å². The van der Waals surface area contributed by atoms with E-state index in [1.807, 2.05) is 13.8 Å². The van der Waals surface area contributed by atoms with Gasteiger partial charge in [-0.25, -0.2) is 0 Å². The first-order valence-corrected chi connectivity index (χ1v) is 6.89. The summed E-state index contributed by atoms with van der Waals surface area (Å²) in [4.78, 5) is 23.7. The Morgan fingerprint density at radius 3 is 2.72 bits per heavy atom. The number of hydrogen-bond acceptors (Lipinski definition) is 3. The maximum absolute atomic E-state index is 11.9. The zero-order chi connectivity index (χ0) is 13.1. The maximum atomic E-state index is 11.9. The van der Waals surface area contributed by atoms with E-state index >= 15 is 0 Å². The molecule has 3 nitrogen and oxygen atoms in total. The number of hydrogen-bond donors (Lipinski definition) is 0. The zero-order valence-electron chi connectivity index (χ0n) is 11.3. The van der Waals surface area contributed by atoms with Crippen molar-refractivity contribution >= 4 is 11.8 Å². The molecule has 2 fully saturated rings. The quantitative estimate of drug-likeness (QED) is 0.619. The highest BCUT2D eigenvalue weighted by molar-refractivity contribution is 5.97. The van der Waals surface area contributed by atoms with Crippen LogP contribution in [0.15, 0.2) is 11.1 Å². The Balaban J connectivity index is 2.09. The van der Waals surface area contributed by atoms with E-state index in [4.69, 9.17) is 4.74 Å². The SMILES string of the molecule is CC1=C2[C@H]3OC(=O)[C@@H](C)[C@@H]3CC[C@@]2(C)CCC1=O. The van der Waals surface area contributed by atoms with Crippen molar-refractivity contribution in [3.8, 4) is 0 Å². The molecule has 0 unspecified atom stereocenters. The van der Waals surface area contributed by atoms with Gasteiger partial charge in [-0.1, -0.05) is 13.8 Å². The van der Waals surface area contributed by atoms with E-state index in [1.54, 1.807) is 0 Å². The molecular formula is C15H20O3. The Hall–Kier alpha value is -1.12. The first-order chi connectivity index (χ1) is 8.44. The van der Waals surface area contributed by atoms with Gasteiger partial charge >= 0.3 is 5.97 Å². The summed E-state index contributed by atoms with van der Waals surface area (Å²) in [5.74, 6) is 0.407. The number of rotatable bonds is 0. The lowest BCUT2D eigenvalue weighted by Gasteiger charge is -2.45. The number of esters is 1. The summed E-state index contributed by atoms with van der Waals surface area (Å²) >= 11 is 0. The molecule has 0 bridgehead atoms. The minimum Gasteiger partial charge on any atom is -0.457 e. The van der Waals surface area contributed by atoms with Gasteiger partial charge < -0.3 is 4.74 Å². The van der Waals surface area contributed by atoms with Crippen molar-refractivity contribution in [3.63, 3.8) is 0 Å². The third-order valence-electron chi connectivity index (χ3n) is 5.34. The number of Topliss-reactive ketones (excluding diaryl/α,β-unsaturated/α-hetero) is 1. The van der Waals surface area contributed by atoms with E-state index in [9.17, 15) is 9.59 Å². The standard InChI is InChI=1S/C15H20O3/c1-8-10-4-6-15(3)7-5-11(16)9(2)12(15)13(10)18-14(8)17/h8,10,13H,4-7H2,1-3H3/t8-,10-,13-,15-/m0/s1. The van der Waals surface area contributed by atoms with Crippen LogP contribution in [0, 0.1) is 17.3 Å². The fourth-order valence-corrected chi connectivity index (χ4v) is 4.05. The summed E-state index contributed by atoms with van der Waals surface area (Å²) in [6.07, 6.45) is 3.55. The molecule has 3 rings (SSSR count). The second-order valence-electron chi connectivity index (χ2n) is 6.37. The Labute approximate surface area is 108 Å². The van der Waals surface area contributed by atoms with Crippen LogP contribution in [0.25, 0.3) is 0 Å². The van der Waals surface area contributed by atoms with Crippen molar-refractivity contribution in [2.75, 3.05) is 0 Å². The van der Waals surface area contributed by atoms with Crippen molar-refractivity contribution in [1.82, 2.24) is 0 Å². The van der Waals surface area contributed by atoms with E-state index in [0.717, 1.165) is 30.4 Å². The van der Waals surface area contributed by atoms with Crippen LogP contribution >= 0.6 is 0 Å².